The van der Waals surface area contributed by atoms with Gasteiger partial charge in [-0.1, -0.05) is 23.7 Å². The summed E-state index contributed by atoms with van der Waals surface area (Å²) in [5.41, 5.74) is 2.15. The zero-order valence-electron chi connectivity index (χ0n) is 20.6. The molecule has 39 heavy (non-hydrogen) atoms. The number of sulfonamides is 1. The standard InChI is InChI=1S/C25H21ClN4O3S.C2H3ClO2/c26-22-4-1-20-16-23(5-2-19(20)15-22)34(32,33)30-13-11-29(12-14-30)25(31)21-3-6-24(28-17-21)18-7-9-27-10-8-18;3-1-2(4)5/h1-10,15-17H,11-14H2;1H2,(H,4,5). The second-order valence-electron chi connectivity index (χ2n) is 8.54. The first-order chi connectivity index (χ1) is 18.7. The molecule has 4 aromatic rings. The molecule has 1 N–H and O–H groups in total. The molecule has 0 saturated carbocycles. The number of carboxylic acids is 1. The minimum absolute atomic E-state index is 0.159. The maximum absolute atomic E-state index is 13.2. The summed E-state index contributed by atoms with van der Waals surface area (Å²) in [5, 5.41) is 9.88. The first-order valence-electron chi connectivity index (χ1n) is 11.8. The first kappa shape index (κ1) is 28.4. The molecule has 0 unspecified atom stereocenters. The van der Waals surface area contributed by atoms with Gasteiger partial charge in [0.2, 0.25) is 10.0 Å². The van der Waals surface area contributed by atoms with Crippen molar-refractivity contribution < 1.29 is 23.1 Å². The van der Waals surface area contributed by atoms with Crippen molar-refractivity contribution in [2.45, 2.75) is 4.90 Å². The quantitative estimate of drug-likeness (QED) is 0.344. The predicted octanol–water partition coefficient (Wildman–Crippen LogP) is 4.41. The van der Waals surface area contributed by atoms with Crippen LogP contribution in [0.1, 0.15) is 10.4 Å². The molecule has 1 amide bonds. The van der Waals surface area contributed by atoms with Gasteiger partial charge < -0.3 is 10.0 Å². The topological polar surface area (TPSA) is 121 Å². The van der Waals surface area contributed by atoms with Gasteiger partial charge in [-0.25, -0.2) is 8.42 Å². The third-order valence-corrected chi connectivity index (χ3v) is 8.40. The molecule has 9 nitrogen and oxygen atoms in total. The van der Waals surface area contributed by atoms with E-state index in [1.165, 1.54) is 4.31 Å². The van der Waals surface area contributed by atoms with E-state index in [0.717, 1.165) is 22.0 Å². The third kappa shape index (κ3) is 6.90. The Morgan fingerprint density at radius 1 is 0.897 bits per heavy atom. The molecular weight excluding hydrogens is 563 g/mol. The van der Waals surface area contributed by atoms with Crippen molar-refractivity contribution >= 4 is 55.9 Å². The number of alkyl halides is 1. The summed E-state index contributed by atoms with van der Waals surface area (Å²) in [5.74, 6) is -1.44. The van der Waals surface area contributed by atoms with Gasteiger partial charge in [-0.3, -0.25) is 19.6 Å². The van der Waals surface area contributed by atoms with Crippen LogP contribution in [0.5, 0.6) is 0 Å². The number of hydrogen-bond acceptors (Lipinski definition) is 6. The van der Waals surface area contributed by atoms with Gasteiger partial charge in [0.25, 0.3) is 5.91 Å². The lowest BCUT2D eigenvalue weighted by atomic mass is 10.1. The largest absolute Gasteiger partial charge is 0.480 e. The summed E-state index contributed by atoms with van der Waals surface area (Å²) in [7, 11) is -3.67. The van der Waals surface area contributed by atoms with E-state index in [-0.39, 0.29) is 29.8 Å². The van der Waals surface area contributed by atoms with E-state index < -0.39 is 16.0 Å². The number of hydrogen-bond donors (Lipinski definition) is 1. The monoisotopic (exact) mass is 586 g/mol. The van der Waals surface area contributed by atoms with Gasteiger partial charge in [0.1, 0.15) is 5.88 Å². The van der Waals surface area contributed by atoms with E-state index in [1.54, 1.807) is 72.0 Å². The summed E-state index contributed by atoms with van der Waals surface area (Å²) in [4.78, 5) is 32.5. The van der Waals surface area contributed by atoms with Gasteiger partial charge in [0.05, 0.1) is 16.2 Å². The van der Waals surface area contributed by atoms with Crippen LogP contribution in [-0.2, 0) is 14.8 Å². The summed E-state index contributed by atoms with van der Waals surface area (Å²) < 4.78 is 27.8. The number of rotatable bonds is 5. The van der Waals surface area contributed by atoms with E-state index >= 15 is 0 Å². The zero-order valence-corrected chi connectivity index (χ0v) is 22.9. The summed E-state index contributed by atoms with van der Waals surface area (Å²) in [6, 6.07) is 17.6. The van der Waals surface area contributed by atoms with Gasteiger partial charge in [0, 0.05) is 55.4 Å². The number of pyridine rings is 2. The molecule has 2 aromatic carbocycles. The number of carbonyl (C=O) groups is 2. The van der Waals surface area contributed by atoms with Crippen molar-refractivity contribution in [3.8, 4) is 11.3 Å². The fourth-order valence-corrected chi connectivity index (χ4v) is 5.67. The molecule has 1 aliphatic rings. The highest BCUT2D eigenvalue weighted by molar-refractivity contribution is 7.89. The lowest BCUT2D eigenvalue weighted by Gasteiger charge is -2.34. The number of amides is 1. The fraction of sp³-hybridized carbons (Fsp3) is 0.185. The van der Waals surface area contributed by atoms with E-state index in [4.69, 9.17) is 28.3 Å². The molecule has 0 aliphatic carbocycles. The molecule has 202 valence electrons. The Bertz CT molecular complexity index is 1580. The van der Waals surface area contributed by atoms with Gasteiger partial charge in [-0.15, -0.1) is 11.6 Å². The van der Waals surface area contributed by atoms with Crippen LogP contribution in [-0.4, -0.2) is 76.6 Å². The van der Waals surface area contributed by atoms with Crippen LogP contribution in [0.4, 0.5) is 0 Å². The Hall–Kier alpha value is -3.57. The lowest BCUT2D eigenvalue weighted by molar-refractivity contribution is -0.134. The smallest absolute Gasteiger partial charge is 0.318 e. The minimum Gasteiger partial charge on any atom is -0.480 e. The van der Waals surface area contributed by atoms with Crippen molar-refractivity contribution in [2.75, 3.05) is 32.1 Å². The van der Waals surface area contributed by atoms with Gasteiger partial charge in [-0.05, 0) is 59.3 Å². The lowest BCUT2D eigenvalue weighted by Crippen LogP contribution is -2.50. The number of aliphatic carboxylic acids is 1. The molecule has 0 atom stereocenters. The summed E-state index contributed by atoms with van der Waals surface area (Å²) in [6.07, 6.45) is 4.94. The molecule has 1 fully saturated rings. The Kier molecular flexibility index (Phi) is 9.13. The highest BCUT2D eigenvalue weighted by atomic mass is 35.5. The number of piperazine rings is 1. The number of aromatic nitrogens is 2. The van der Waals surface area contributed by atoms with E-state index in [2.05, 4.69) is 9.97 Å². The number of carbonyl (C=O) groups excluding carboxylic acids is 1. The molecule has 5 rings (SSSR count). The van der Waals surface area contributed by atoms with E-state index in [1.807, 2.05) is 12.1 Å². The van der Waals surface area contributed by atoms with Crippen LogP contribution in [0.15, 0.2) is 84.1 Å². The Morgan fingerprint density at radius 2 is 1.54 bits per heavy atom. The Morgan fingerprint density at radius 3 is 2.15 bits per heavy atom. The second-order valence-corrected chi connectivity index (χ2v) is 11.2. The Balaban J connectivity index is 0.000000648. The predicted molar refractivity (Wildman–Crippen MR) is 149 cm³/mol. The van der Waals surface area contributed by atoms with E-state index in [0.29, 0.717) is 23.7 Å². The van der Waals surface area contributed by atoms with Crippen molar-refractivity contribution in [3.63, 3.8) is 0 Å². The number of carboxylic acid groups (broad SMARTS) is 1. The SMILES string of the molecule is O=C(O)CCl.O=C(c1ccc(-c2ccncc2)nc1)N1CCN(S(=O)(=O)c2ccc3cc(Cl)ccc3c2)CC1. The molecular formula is C27H24Cl2N4O5S. The molecule has 0 radical (unpaired) electrons. The normalized spacial score (nSPS) is 13.9. The Labute approximate surface area is 235 Å². The maximum Gasteiger partial charge on any atom is 0.318 e. The van der Waals surface area contributed by atoms with Crippen LogP contribution < -0.4 is 0 Å². The summed E-state index contributed by atoms with van der Waals surface area (Å²) >= 11 is 10.8. The second kappa shape index (κ2) is 12.5. The molecule has 0 spiro atoms. The van der Waals surface area contributed by atoms with Crippen LogP contribution >= 0.6 is 23.2 Å². The average Bonchev–Trinajstić information content (AvgIpc) is 2.97. The van der Waals surface area contributed by atoms with Gasteiger partial charge in [-0.2, -0.15) is 4.31 Å². The molecule has 3 heterocycles. The van der Waals surface area contributed by atoms with Crippen LogP contribution in [0.2, 0.25) is 5.02 Å². The molecule has 1 aliphatic heterocycles. The molecule has 12 heteroatoms. The van der Waals surface area contributed by atoms with Crippen molar-refractivity contribution in [1.29, 1.82) is 0 Å². The van der Waals surface area contributed by atoms with Crippen molar-refractivity contribution in [3.05, 3.63) is 89.8 Å². The fourth-order valence-electron chi connectivity index (χ4n) is 4.03. The van der Waals surface area contributed by atoms with Crippen LogP contribution in [0.3, 0.4) is 0 Å². The minimum atomic E-state index is -3.67. The first-order valence-corrected chi connectivity index (χ1v) is 14.2. The van der Waals surface area contributed by atoms with Gasteiger partial charge >= 0.3 is 5.97 Å². The van der Waals surface area contributed by atoms with E-state index in [9.17, 15) is 18.0 Å². The highest BCUT2D eigenvalue weighted by Gasteiger charge is 2.30. The average molecular weight is 587 g/mol. The van der Waals surface area contributed by atoms with Crippen LogP contribution in [0.25, 0.3) is 22.0 Å². The number of fused-ring (bicyclic) bond motifs is 1. The van der Waals surface area contributed by atoms with Crippen molar-refractivity contribution in [1.82, 2.24) is 19.2 Å². The van der Waals surface area contributed by atoms with Gasteiger partial charge in [0.15, 0.2) is 0 Å². The number of halogens is 2. The zero-order chi connectivity index (χ0) is 28.0. The van der Waals surface area contributed by atoms with Crippen molar-refractivity contribution in [2.24, 2.45) is 0 Å². The number of nitrogens with zero attached hydrogens (tertiary/aromatic N) is 4. The summed E-state index contributed by atoms with van der Waals surface area (Å²) in [6.45, 7) is 1.09. The molecule has 1 saturated heterocycles. The molecule has 0 bridgehead atoms. The number of benzene rings is 2. The molecule has 2 aromatic heterocycles. The van der Waals surface area contributed by atoms with Crippen LogP contribution in [0, 0.1) is 0 Å². The third-order valence-electron chi connectivity index (χ3n) is 6.04. The highest BCUT2D eigenvalue weighted by Crippen LogP contribution is 2.25. The maximum atomic E-state index is 13.2.